The van der Waals surface area contributed by atoms with Crippen LogP contribution in [0.5, 0.6) is 5.75 Å². The average Bonchev–Trinajstić information content (AvgIpc) is 3.12. The summed E-state index contributed by atoms with van der Waals surface area (Å²) in [4.78, 5) is 29.1. The average molecular weight is 414 g/mol. The largest absolute Gasteiger partial charge is 0.482 e. The van der Waals surface area contributed by atoms with Gasteiger partial charge in [0.15, 0.2) is 11.7 Å². The number of amides is 2. The highest BCUT2D eigenvalue weighted by Crippen LogP contribution is 2.30. The first kappa shape index (κ1) is 18.5. The molecule has 142 valence electrons. The molecule has 0 atom stereocenters. The molecule has 6 nitrogen and oxygen atoms in total. The standard InChI is InChI=1S/C20H16ClN3O3S/c1-11-3-2-4-12(18(11)21)7-14-9-22-20(28-14)24-19(26)13-5-6-15-16(8-13)27-10-17(25)23-15/h2-6,8-9H,7,10H2,1H3,(H,23,25)(H,22,24,26). The smallest absolute Gasteiger partial charge is 0.262 e. The zero-order valence-electron chi connectivity index (χ0n) is 14.9. The summed E-state index contributed by atoms with van der Waals surface area (Å²) in [7, 11) is 0. The van der Waals surface area contributed by atoms with Crippen molar-refractivity contribution in [3.63, 3.8) is 0 Å². The van der Waals surface area contributed by atoms with Gasteiger partial charge in [0, 0.05) is 28.1 Å². The number of halogens is 1. The van der Waals surface area contributed by atoms with Crippen LogP contribution in [0.4, 0.5) is 10.8 Å². The molecule has 0 bridgehead atoms. The zero-order valence-corrected chi connectivity index (χ0v) is 16.5. The topological polar surface area (TPSA) is 80.3 Å². The Morgan fingerprint density at radius 3 is 3.07 bits per heavy atom. The van der Waals surface area contributed by atoms with Crippen molar-refractivity contribution in [1.29, 1.82) is 0 Å². The Labute approximate surface area is 170 Å². The van der Waals surface area contributed by atoms with E-state index in [1.807, 2.05) is 25.1 Å². The number of aryl methyl sites for hydroxylation is 1. The van der Waals surface area contributed by atoms with Crippen molar-refractivity contribution in [2.24, 2.45) is 0 Å². The Bertz CT molecular complexity index is 1080. The van der Waals surface area contributed by atoms with Crippen LogP contribution < -0.4 is 15.4 Å². The molecular weight excluding hydrogens is 398 g/mol. The summed E-state index contributed by atoms with van der Waals surface area (Å²) in [6.07, 6.45) is 2.39. The summed E-state index contributed by atoms with van der Waals surface area (Å²) >= 11 is 7.76. The van der Waals surface area contributed by atoms with Crippen LogP contribution in [-0.2, 0) is 11.2 Å². The van der Waals surface area contributed by atoms with Crippen LogP contribution in [-0.4, -0.2) is 23.4 Å². The van der Waals surface area contributed by atoms with Gasteiger partial charge < -0.3 is 10.1 Å². The van der Waals surface area contributed by atoms with Crippen LogP contribution >= 0.6 is 22.9 Å². The molecular formula is C20H16ClN3O3S. The molecule has 0 aliphatic carbocycles. The predicted octanol–water partition coefficient (Wildman–Crippen LogP) is 4.28. The highest BCUT2D eigenvalue weighted by atomic mass is 35.5. The molecule has 4 rings (SSSR count). The van der Waals surface area contributed by atoms with E-state index < -0.39 is 0 Å². The normalized spacial score (nSPS) is 12.7. The number of fused-ring (bicyclic) bond motifs is 1. The SMILES string of the molecule is Cc1cccc(Cc2cnc(NC(=O)c3ccc4c(c3)OCC(=O)N4)s2)c1Cl. The molecule has 2 heterocycles. The maximum atomic E-state index is 12.5. The van der Waals surface area contributed by atoms with Gasteiger partial charge in [0.05, 0.1) is 5.69 Å². The van der Waals surface area contributed by atoms with E-state index in [0.717, 1.165) is 21.0 Å². The van der Waals surface area contributed by atoms with Crippen LogP contribution in [0, 0.1) is 6.92 Å². The van der Waals surface area contributed by atoms with E-state index >= 15 is 0 Å². The number of nitrogens with zero attached hydrogens (tertiary/aromatic N) is 1. The molecule has 8 heteroatoms. The lowest BCUT2D eigenvalue weighted by molar-refractivity contribution is -0.118. The molecule has 0 saturated heterocycles. The Balaban J connectivity index is 1.46. The number of rotatable bonds is 4. The molecule has 0 unspecified atom stereocenters. The first-order valence-electron chi connectivity index (χ1n) is 8.56. The van der Waals surface area contributed by atoms with E-state index in [1.165, 1.54) is 11.3 Å². The maximum Gasteiger partial charge on any atom is 0.262 e. The van der Waals surface area contributed by atoms with Gasteiger partial charge in [-0.2, -0.15) is 0 Å². The van der Waals surface area contributed by atoms with Crippen molar-refractivity contribution in [3.05, 3.63) is 69.2 Å². The van der Waals surface area contributed by atoms with Crippen LogP contribution in [0.15, 0.2) is 42.6 Å². The molecule has 2 aromatic carbocycles. The molecule has 0 saturated carbocycles. The molecule has 28 heavy (non-hydrogen) atoms. The molecule has 1 aliphatic rings. The molecule has 2 N–H and O–H groups in total. The van der Waals surface area contributed by atoms with Gasteiger partial charge in [0.25, 0.3) is 11.8 Å². The Hall–Kier alpha value is -2.90. The summed E-state index contributed by atoms with van der Waals surface area (Å²) in [5.41, 5.74) is 3.04. The number of thiazole rings is 1. The second kappa shape index (κ2) is 7.61. The zero-order chi connectivity index (χ0) is 19.7. The Morgan fingerprint density at radius 1 is 1.36 bits per heavy atom. The lowest BCUT2D eigenvalue weighted by atomic mass is 10.1. The van der Waals surface area contributed by atoms with Gasteiger partial charge in [-0.15, -0.1) is 11.3 Å². The summed E-state index contributed by atoms with van der Waals surface area (Å²) in [6.45, 7) is 1.91. The number of hydrogen-bond donors (Lipinski definition) is 2. The highest BCUT2D eigenvalue weighted by molar-refractivity contribution is 7.15. The van der Waals surface area contributed by atoms with Crippen molar-refractivity contribution >= 4 is 45.6 Å². The number of ether oxygens (including phenoxy) is 1. The number of benzene rings is 2. The second-order valence-corrected chi connectivity index (χ2v) is 7.85. The first-order valence-corrected chi connectivity index (χ1v) is 9.76. The van der Waals surface area contributed by atoms with Crippen LogP contribution in [0.25, 0.3) is 0 Å². The van der Waals surface area contributed by atoms with Crippen molar-refractivity contribution in [2.45, 2.75) is 13.3 Å². The minimum absolute atomic E-state index is 0.0601. The van der Waals surface area contributed by atoms with Gasteiger partial charge in [-0.25, -0.2) is 4.98 Å². The maximum absolute atomic E-state index is 12.5. The summed E-state index contributed by atoms with van der Waals surface area (Å²) in [5.74, 6) is -0.0346. The van der Waals surface area contributed by atoms with E-state index in [4.69, 9.17) is 16.3 Å². The van der Waals surface area contributed by atoms with E-state index in [-0.39, 0.29) is 18.4 Å². The van der Waals surface area contributed by atoms with Gasteiger partial charge in [-0.05, 0) is 36.2 Å². The quantitative estimate of drug-likeness (QED) is 0.669. The van der Waals surface area contributed by atoms with Gasteiger partial charge in [-0.1, -0.05) is 29.8 Å². The third-order valence-corrected chi connectivity index (χ3v) is 5.74. The summed E-state index contributed by atoms with van der Waals surface area (Å²) in [6, 6.07) is 10.8. The Kier molecular flexibility index (Phi) is 5.02. The number of hydrogen-bond acceptors (Lipinski definition) is 5. The monoisotopic (exact) mass is 413 g/mol. The van der Waals surface area contributed by atoms with E-state index in [0.29, 0.717) is 28.6 Å². The first-order chi connectivity index (χ1) is 13.5. The van der Waals surface area contributed by atoms with Crippen LogP contribution in [0.1, 0.15) is 26.4 Å². The van der Waals surface area contributed by atoms with Crippen LogP contribution in [0.2, 0.25) is 5.02 Å². The van der Waals surface area contributed by atoms with Gasteiger partial charge in [0.2, 0.25) is 0 Å². The minimum atomic E-state index is -0.294. The van der Waals surface area contributed by atoms with Crippen molar-refractivity contribution in [1.82, 2.24) is 4.98 Å². The number of carbonyl (C=O) groups excluding carboxylic acids is 2. The number of aromatic nitrogens is 1. The fourth-order valence-corrected chi connectivity index (χ4v) is 3.89. The summed E-state index contributed by atoms with van der Waals surface area (Å²) in [5, 5.41) is 6.75. The van der Waals surface area contributed by atoms with Crippen molar-refractivity contribution in [2.75, 3.05) is 17.2 Å². The summed E-state index contributed by atoms with van der Waals surface area (Å²) < 4.78 is 5.35. The van der Waals surface area contributed by atoms with E-state index in [9.17, 15) is 9.59 Å². The van der Waals surface area contributed by atoms with Gasteiger partial charge in [-0.3, -0.25) is 14.9 Å². The third kappa shape index (κ3) is 3.85. The lowest BCUT2D eigenvalue weighted by Gasteiger charge is -2.18. The van der Waals surface area contributed by atoms with E-state index in [2.05, 4.69) is 15.6 Å². The van der Waals surface area contributed by atoms with Crippen LogP contribution in [0.3, 0.4) is 0 Å². The molecule has 3 aromatic rings. The molecule has 0 fully saturated rings. The second-order valence-electron chi connectivity index (χ2n) is 6.36. The Morgan fingerprint density at radius 2 is 2.21 bits per heavy atom. The molecule has 0 radical (unpaired) electrons. The van der Waals surface area contributed by atoms with Crippen molar-refractivity contribution < 1.29 is 14.3 Å². The number of nitrogens with one attached hydrogen (secondary N) is 2. The molecule has 1 aromatic heterocycles. The molecule has 0 spiro atoms. The highest BCUT2D eigenvalue weighted by Gasteiger charge is 2.18. The number of carbonyl (C=O) groups is 2. The predicted molar refractivity (Wildman–Crippen MR) is 110 cm³/mol. The fourth-order valence-electron chi connectivity index (χ4n) is 2.86. The van der Waals surface area contributed by atoms with E-state index in [1.54, 1.807) is 24.4 Å². The molecule has 2 amide bonds. The van der Waals surface area contributed by atoms with Crippen molar-refractivity contribution in [3.8, 4) is 5.75 Å². The lowest BCUT2D eigenvalue weighted by Crippen LogP contribution is -2.25. The third-order valence-electron chi connectivity index (χ3n) is 4.29. The molecule has 1 aliphatic heterocycles. The van der Waals surface area contributed by atoms with Gasteiger partial charge in [0.1, 0.15) is 5.75 Å². The van der Waals surface area contributed by atoms with Gasteiger partial charge >= 0.3 is 0 Å². The fraction of sp³-hybridized carbons (Fsp3) is 0.150. The minimum Gasteiger partial charge on any atom is -0.482 e. The number of anilines is 2.